The molecule has 312 valence electrons. The van der Waals surface area contributed by atoms with Crippen LogP contribution >= 0.6 is 0 Å². The summed E-state index contributed by atoms with van der Waals surface area (Å²) < 4.78 is 45.2. The van der Waals surface area contributed by atoms with E-state index in [0.717, 1.165) is 37.8 Å². The van der Waals surface area contributed by atoms with Gasteiger partial charge in [-0.2, -0.15) is 0 Å². The Balaban J connectivity index is 1.27. The summed E-state index contributed by atoms with van der Waals surface area (Å²) in [6, 6.07) is 22.3. The minimum atomic E-state index is -3.72. The Morgan fingerprint density at radius 2 is 1.63 bits per heavy atom. The lowest BCUT2D eigenvalue weighted by Crippen LogP contribution is -2.43. The zero-order valence-electron chi connectivity index (χ0n) is 34.8. The lowest BCUT2D eigenvalue weighted by molar-refractivity contribution is 0.0906. The maximum absolute atomic E-state index is 13.4. The van der Waals surface area contributed by atoms with Gasteiger partial charge in [0.05, 0.1) is 43.1 Å². The number of benzene rings is 4. The molecule has 1 saturated heterocycles. The number of nitrogens with two attached hydrogens (primary N) is 1. The summed E-state index contributed by atoms with van der Waals surface area (Å²) in [5, 5.41) is 7.76. The summed E-state index contributed by atoms with van der Waals surface area (Å²) in [7, 11) is 1.34. The van der Waals surface area contributed by atoms with Crippen molar-refractivity contribution in [1.29, 1.82) is 0 Å². The van der Waals surface area contributed by atoms with E-state index in [-0.39, 0.29) is 29.1 Å². The molecule has 1 aliphatic heterocycles. The van der Waals surface area contributed by atoms with Crippen LogP contribution in [0.25, 0.3) is 10.8 Å². The SMILES string of the molecule is COc1cc(Nc2cc(Oc3ccc(N(C(N)=O)c4cc(C(C)(C)C)cc(NS(C)(=O)=O)c4OC)c4ccccc34)ccn2)ccc1C(=O)NC(C)C1CCN(C)CC1. The van der Waals surface area contributed by atoms with Gasteiger partial charge in [-0.3, -0.25) is 14.4 Å². The van der Waals surface area contributed by atoms with Gasteiger partial charge < -0.3 is 35.5 Å². The number of hydrogen-bond donors (Lipinski definition) is 4. The van der Waals surface area contributed by atoms with Crippen molar-refractivity contribution in [3.63, 3.8) is 0 Å². The number of pyridine rings is 1. The van der Waals surface area contributed by atoms with E-state index in [1.165, 1.54) is 19.1 Å². The largest absolute Gasteiger partial charge is 0.496 e. The van der Waals surface area contributed by atoms with E-state index in [2.05, 4.69) is 39.2 Å². The molecule has 15 heteroatoms. The number of aromatic nitrogens is 1. The molecule has 0 radical (unpaired) electrons. The molecule has 59 heavy (non-hydrogen) atoms. The van der Waals surface area contributed by atoms with Crippen LogP contribution in [0.4, 0.5) is 33.4 Å². The van der Waals surface area contributed by atoms with E-state index in [0.29, 0.717) is 56.7 Å². The fourth-order valence-electron chi connectivity index (χ4n) is 7.31. The van der Waals surface area contributed by atoms with Gasteiger partial charge in [-0.1, -0.05) is 45.0 Å². The number of rotatable bonds is 13. The molecule has 0 bridgehead atoms. The van der Waals surface area contributed by atoms with Crippen molar-refractivity contribution in [2.75, 3.05) is 55.6 Å². The summed E-state index contributed by atoms with van der Waals surface area (Å²) in [6.07, 6.45) is 4.75. The average molecular weight is 824 g/mol. The van der Waals surface area contributed by atoms with Crippen LogP contribution in [0.1, 0.15) is 56.5 Å². The van der Waals surface area contributed by atoms with Gasteiger partial charge in [0.15, 0.2) is 5.75 Å². The molecule has 3 amide bonds. The standard InChI is InChI=1S/C44H53N7O7S/c1-27(28-18-21-50(5)22-19-28)47-42(52)34-14-13-30(25-39(34)56-6)48-40-26-31(17-20-46-40)58-38-16-15-36(32-11-9-10-12-33(32)38)51(43(45)53)37-24-29(44(2,3)4)23-35(41(37)57-7)49-59(8,54)55/h9-17,20,23-28,49H,18-19,21-22H2,1-8H3,(H2,45,53)(H,46,48)(H,47,52). The fraction of sp³-hybridized carbons (Fsp3) is 0.341. The number of primary amides is 1. The molecule has 1 aromatic heterocycles. The average Bonchev–Trinajstić information content (AvgIpc) is 3.18. The second kappa shape index (κ2) is 17.4. The fourth-order valence-corrected chi connectivity index (χ4v) is 7.87. The molecular formula is C44H53N7O7S. The van der Waals surface area contributed by atoms with Crippen LogP contribution in [0.2, 0.25) is 0 Å². The predicted molar refractivity (Wildman–Crippen MR) is 234 cm³/mol. The first kappa shape index (κ1) is 42.5. The number of carbonyl (C=O) groups excluding carboxylic acids is 2. The molecule has 2 heterocycles. The molecule has 5 N–H and O–H groups in total. The molecule has 14 nitrogen and oxygen atoms in total. The Morgan fingerprint density at radius 3 is 2.27 bits per heavy atom. The highest BCUT2D eigenvalue weighted by molar-refractivity contribution is 7.92. The number of nitrogens with one attached hydrogen (secondary N) is 3. The molecule has 1 unspecified atom stereocenters. The molecule has 0 spiro atoms. The molecule has 0 aliphatic carbocycles. The zero-order valence-corrected chi connectivity index (χ0v) is 35.6. The first-order chi connectivity index (χ1) is 27.9. The summed E-state index contributed by atoms with van der Waals surface area (Å²) in [6.45, 7) is 10.0. The third-order valence-electron chi connectivity index (χ3n) is 10.5. The van der Waals surface area contributed by atoms with E-state index in [4.69, 9.17) is 19.9 Å². The number of carbonyl (C=O) groups is 2. The second-order valence-electron chi connectivity index (χ2n) is 15.9. The Bertz CT molecular complexity index is 2460. The third-order valence-corrected chi connectivity index (χ3v) is 11.1. The third kappa shape index (κ3) is 9.98. The van der Waals surface area contributed by atoms with Crippen molar-refractivity contribution in [2.24, 2.45) is 11.7 Å². The number of ether oxygens (including phenoxy) is 3. The molecule has 6 rings (SSSR count). The van der Waals surface area contributed by atoms with Gasteiger partial charge in [-0.25, -0.2) is 18.2 Å². The zero-order chi connectivity index (χ0) is 42.6. The Morgan fingerprint density at radius 1 is 0.915 bits per heavy atom. The van der Waals surface area contributed by atoms with E-state index in [1.807, 2.05) is 45.0 Å². The van der Waals surface area contributed by atoms with Crippen LogP contribution < -0.4 is 40.2 Å². The predicted octanol–water partition coefficient (Wildman–Crippen LogP) is 8.13. The van der Waals surface area contributed by atoms with Gasteiger partial charge in [0.25, 0.3) is 5.91 Å². The number of amides is 3. The minimum absolute atomic E-state index is 0.0366. The van der Waals surface area contributed by atoms with Gasteiger partial charge in [-0.15, -0.1) is 0 Å². The lowest BCUT2D eigenvalue weighted by atomic mass is 9.86. The molecule has 4 aromatic carbocycles. The van der Waals surface area contributed by atoms with Crippen molar-refractivity contribution in [3.8, 4) is 23.0 Å². The molecule has 0 saturated carbocycles. The normalized spacial score (nSPS) is 14.3. The molecule has 1 aliphatic rings. The number of fused-ring (bicyclic) bond motifs is 1. The van der Waals surface area contributed by atoms with Crippen LogP contribution in [0, 0.1) is 5.92 Å². The van der Waals surface area contributed by atoms with Gasteiger partial charge in [0.2, 0.25) is 10.0 Å². The van der Waals surface area contributed by atoms with Crippen LogP contribution in [0.3, 0.4) is 0 Å². The highest BCUT2D eigenvalue weighted by Crippen LogP contribution is 2.46. The lowest BCUT2D eigenvalue weighted by Gasteiger charge is -2.33. The van der Waals surface area contributed by atoms with Crippen molar-refractivity contribution in [3.05, 3.63) is 96.2 Å². The van der Waals surface area contributed by atoms with Crippen LogP contribution in [-0.2, 0) is 15.4 Å². The van der Waals surface area contributed by atoms with Crippen molar-refractivity contribution in [2.45, 2.75) is 52.0 Å². The van der Waals surface area contributed by atoms with Gasteiger partial charge in [0.1, 0.15) is 23.1 Å². The molecular weight excluding hydrogens is 771 g/mol. The van der Waals surface area contributed by atoms with Crippen LogP contribution in [0.5, 0.6) is 23.0 Å². The molecule has 1 fully saturated rings. The number of likely N-dealkylation sites (tertiary alicyclic amines) is 1. The summed E-state index contributed by atoms with van der Waals surface area (Å²) in [5.41, 5.74) is 8.37. The number of anilines is 5. The highest BCUT2D eigenvalue weighted by Gasteiger charge is 2.29. The van der Waals surface area contributed by atoms with Crippen molar-refractivity contribution < 1.29 is 32.2 Å². The van der Waals surface area contributed by atoms with Gasteiger partial charge >= 0.3 is 6.03 Å². The monoisotopic (exact) mass is 823 g/mol. The number of methoxy groups -OCH3 is 2. The molecule has 5 aromatic rings. The van der Waals surface area contributed by atoms with Crippen molar-refractivity contribution in [1.82, 2.24) is 15.2 Å². The van der Waals surface area contributed by atoms with E-state index < -0.39 is 21.5 Å². The Labute approximate surface area is 346 Å². The first-order valence-corrected chi connectivity index (χ1v) is 21.2. The minimum Gasteiger partial charge on any atom is -0.496 e. The van der Waals surface area contributed by atoms with E-state index in [1.54, 1.807) is 60.8 Å². The van der Waals surface area contributed by atoms with E-state index in [9.17, 15) is 18.0 Å². The highest BCUT2D eigenvalue weighted by atomic mass is 32.2. The smallest absolute Gasteiger partial charge is 0.324 e. The van der Waals surface area contributed by atoms with Gasteiger partial charge in [-0.05, 0) is 99.3 Å². The summed E-state index contributed by atoms with van der Waals surface area (Å²) >= 11 is 0. The number of nitrogens with zero attached hydrogens (tertiary/aromatic N) is 3. The Kier molecular flexibility index (Phi) is 12.6. The maximum Gasteiger partial charge on any atom is 0.324 e. The number of hydrogen-bond acceptors (Lipinski definition) is 10. The van der Waals surface area contributed by atoms with Crippen LogP contribution in [-0.4, -0.2) is 76.9 Å². The Hall–Kier alpha value is -6.06. The quantitative estimate of drug-likeness (QED) is 0.0907. The number of piperidine rings is 1. The van der Waals surface area contributed by atoms with E-state index >= 15 is 0 Å². The summed E-state index contributed by atoms with van der Waals surface area (Å²) in [5.74, 6) is 2.25. The van der Waals surface area contributed by atoms with Crippen molar-refractivity contribution >= 4 is 61.3 Å². The maximum atomic E-state index is 13.4. The van der Waals surface area contributed by atoms with Gasteiger partial charge in [0, 0.05) is 40.8 Å². The summed E-state index contributed by atoms with van der Waals surface area (Å²) in [4.78, 5) is 34.8. The number of sulfonamides is 1. The topological polar surface area (TPSA) is 177 Å². The van der Waals surface area contributed by atoms with Crippen LogP contribution in [0.15, 0.2) is 85.1 Å². The molecule has 1 atom stereocenters. The number of urea groups is 1. The first-order valence-electron chi connectivity index (χ1n) is 19.4. The second-order valence-corrected chi connectivity index (χ2v) is 17.7.